The second-order valence-electron chi connectivity index (χ2n) is 5.20. The Bertz CT molecular complexity index is 840. The lowest BCUT2D eigenvalue weighted by Gasteiger charge is -2.17. The molecule has 2 aromatic rings. The molecule has 0 aromatic heterocycles. The summed E-state index contributed by atoms with van der Waals surface area (Å²) in [7, 11) is 0. The van der Waals surface area contributed by atoms with Gasteiger partial charge in [0.15, 0.2) is 6.10 Å². The van der Waals surface area contributed by atoms with Crippen molar-refractivity contribution in [2.45, 2.75) is 19.2 Å². The van der Waals surface area contributed by atoms with Gasteiger partial charge in [-0.25, -0.2) is 4.79 Å². The molecule has 0 aliphatic carbocycles. The molecule has 0 bridgehead atoms. The Morgan fingerprint density at radius 2 is 1.77 bits per heavy atom. The summed E-state index contributed by atoms with van der Waals surface area (Å²) >= 11 is 11.6. The van der Waals surface area contributed by atoms with Gasteiger partial charge in [0, 0.05) is 5.02 Å². The first-order chi connectivity index (χ1) is 12.1. The molecule has 2 aromatic carbocycles. The van der Waals surface area contributed by atoms with E-state index < -0.39 is 35.4 Å². The van der Waals surface area contributed by atoms with Crippen molar-refractivity contribution >= 4 is 40.8 Å². The zero-order valence-electron chi connectivity index (χ0n) is 13.2. The molecule has 0 saturated carbocycles. The van der Waals surface area contributed by atoms with Crippen molar-refractivity contribution in [3.8, 4) is 0 Å². The molecule has 0 fully saturated rings. The van der Waals surface area contributed by atoms with Crippen LogP contribution in [0.2, 0.25) is 10.0 Å². The number of alkyl halides is 3. The number of hydrogen-bond acceptors (Lipinski definition) is 3. The zero-order valence-corrected chi connectivity index (χ0v) is 14.7. The number of rotatable bonds is 4. The molecule has 1 N–H and O–H groups in total. The minimum atomic E-state index is -4.64. The number of hydrogen-bond donors (Lipinski definition) is 1. The quantitative estimate of drug-likeness (QED) is 0.711. The Morgan fingerprint density at radius 1 is 1.12 bits per heavy atom. The number of anilines is 1. The van der Waals surface area contributed by atoms with Crippen LogP contribution in [0.3, 0.4) is 0 Å². The highest BCUT2D eigenvalue weighted by Gasteiger charge is 2.34. The van der Waals surface area contributed by atoms with Gasteiger partial charge in [-0.05, 0) is 37.3 Å². The van der Waals surface area contributed by atoms with Gasteiger partial charge in [0.1, 0.15) is 0 Å². The lowest BCUT2D eigenvalue weighted by Crippen LogP contribution is -2.30. The smallest absolute Gasteiger partial charge is 0.418 e. The predicted octanol–water partition coefficient (Wildman–Crippen LogP) is 5.20. The lowest BCUT2D eigenvalue weighted by atomic mass is 10.1. The van der Waals surface area contributed by atoms with E-state index in [2.05, 4.69) is 5.32 Å². The summed E-state index contributed by atoms with van der Waals surface area (Å²) in [5.74, 6) is -1.82. The third kappa shape index (κ3) is 4.89. The van der Waals surface area contributed by atoms with E-state index in [9.17, 15) is 22.8 Å². The number of para-hydroxylation sites is 1. The van der Waals surface area contributed by atoms with Gasteiger partial charge in [-0.1, -0.05) is 35.3 Å². The van der Waals surface area contributed by atoms with E-state index in [0.29, 0.717) is 5.02 Å². The number of ether oxygens (including phenoxy) is 1. The van der Waals surface area contributed by atoms with E-state index in [1.165, 1.54) is 37.3 Å². The monoisotopic (exact) mass is 405 g/mol. The number of esters is 1. The van der Waals surface area contributed by atoms with E-state index in [1.54, 1.807) is 0 Å². The first-order valence-electron chi connectivity index (χ1n) is 7.22. The first-order valence-corrected chi connectivity index (χ1v) is 7.98. The Balaban J connectivity index is 2.10. The zero-order chi connectivity index (χ0) is 19.5. The summed E-state index contributed by atoms with van der Waals surface area (Å²) in [6.45, 7) is 1.23. The van der Waals surface area contributed by atoms with Crippen LogP contribution in [0.5, 0.6) is 0 Å². The molecule has 0 radical (unpaired) electrons. The van der Waals surface area contributed by atoms with Crippen LogP contribution in [0.1, 0.15) is 22.8 Å². The topological polar surface area (TPSA) is 55.4 Å². The minimum Gasteiger partial charge on any atom is -0.449 e. The lowest BCUT2D eigenvalue weighted by molar-refractivity contribution is -0.137. The fourth-order valence-electron chi connectivity index (χ4n) is 2.01. The number of amides is 1. The van der Waals surface area contributed by atoms with Crippen LogP contribution in [0.25, 0.3) is 0 Å². The number of benzene rings is 2. The van der Waals surface area contributed by atoms with Crippen LogP contribution in [0, 0.1) is 0 Å². The van der Waals surface area contributed by atoms with Crippen LogP contribution in [0.4, 0.5) is 18.9 Å². The highest BCUT2D eigenvalue weighted by atomic mass is 35.5. The normalized spacial score (nSPS) is 12.4. The maximum absolute atomic E-state index is 12.9. The third-order valence-electron chi connectivity index (χ3n) is 3.29. The maximum atomic E-state index is 12.9. The van der Waals surface area contributed by atoms with E-state index in [0.717, 1.165) is 12.1 Å². The highest BCUT2D eigenvalue weighted by Crippen LogP contribution is 2.34. The number of nitrogens with one attached hydrogen (secondary N) is 1. The van der Waals surface area contributed by atoms with E-state index in [-0.39, 0.29) is 10.6 Å². The molecule has 9 heteroatoms. The average molecular weight is 406 g/mol. The predicted molar refractivity (Wildman–Crippen MR) is 91.4 cm³/mol. The molecule has 4 nitrogen and oxygen atoms in total. The van der Waals surface area contributed by atoms with Gasteiger partial charge in [-0.15, -0.1) is 0 Å². The van der Waals surface area contributed by atoms with Crippen LogP contribution >= 0.6 is 23.2 Å². The molecule has 0 aliphatic heterocycles. The SMILES string of the molecule is C[C@@H](OC(=O)c1ccc(Cl)cc1Cl)C(=O)Nc1ccccc1C(F)(F)F. The fraction of sp³-hybridized carbons (Fsp3) is 0.176. The van der Waals surface area contributed by atoms with E-state index >= 15 is 0 Å². The van der Waals surface area contributed by atoms with Gasteiger partial charge < -0.3 is 10.1 Å². The molecule has 0 unspecified atom stereocenters. The fourth-order valence-corrected chi connectivity index (χ4v) is 2.49. The summed E-state index contributed by atoms with van der Waals surface area (Å²) in [4.78, 5) is 24.1. The molecular weight excluding hydrogens is 394 g/mol. The largest absolute Gasteiger partial charge is 0.449 e. The molecule has 26 heavy (non-hydrogen) atoms. The second-order valence-corrected chi connectivity index (χ2v) is 6.05. The minimum absolute atomic E-state index is 0.0218. The van der Waals surface area contributed by atoms with Crippen molar-refractivity contribution < 1.29 is 27.5 Å². The number of halogens is 5. The Morgan fingerprint density at radius 3 is 2.38 bits per heavy atom. The molecule has 0 saturated heterocycles. The Hall–Kier alpha value is -2.25. The van der Waals surface area contributed by atoms with E-state index in [4.69, 9.17) is 27.9 Å². The highest BCUT2D eigenvalue weighted by molar-refractivity contribution is 6.36. The van der Waals surface area contributed by atoms with Gasteiger partial charge in [0.2, 0.25) is 0 Å². The van der Waals surface area contributed by atoms with E-state index in [1.807, 2.05) is 0 Å². The number of carbonyl (C=O) groups is 2. The molecule has 1 atom stereocenters. The van der Waals surface area contributed by atoms with Gasteiger partial charge in [0.05, 0.1) is 21.8 Å². The van der Waals surface area contributed by atoms with Gasteiger partial charge in [-0.3, -0.25) is 4.79 Å². The Labute approximate surface area is 156 Å². The number of carbonyl (C=O) groups excluding carboxylic acids is 2. The van der Waals surface area contributed by atoms with Crippen molar-refractivity contribution in [1.82, 2.24) is 0 Å². The second kappa shape index (κ2) is 7.97. The van der Waals surface area contributed by atoms with Crippen molar-refractivity contribution in [3.63, 3.8) is 0 Å². The molecule has 0 heterocycles. The van der Waals surface area contributed by atoms with Crippen LogP contribution < -0.4 is 5.32 Å². The van der Waals surface area contributed by atoms with Crippen LogP contribution in [-0.4, -0.2) is 18.0 Å². The molecule has 0 spiro atoms. The van der Waals surface area contributed by atoms with Gasteiger partial charge in [0.25, 0.3) is 5.91 Å². The molecular formula is C17H12Cl2F3NO3. The summed E-state index contributed by atoms with van der Waals surface area (Å²) < 4.78 is 43.8. The molecule has 2 rings (SSSR count). The summed E-state index contributed by atoms with van der Waals surface area (Å²) in [6.07, 6.45) is -5.99. The van der Waals surface area contributed by atoms with Crippen molar-refractivity contribution in [3.05, 3.63) is 63.6 Å². The van der Waals surface area contributed by atoms with Crippen molar-refractivity contribution in [2.24, 2.45) is 0 Å². The van der Waals surface area contributed by atoms with Crippen molar-refractivity contribution in [1.29, 1.82) is 0 Å². The van der Waals surface area contributed by atoms with Gasteiger partial charge in [-0.2, -0.15) is 13.2 Å². The Kier molecular flexibility index (Phi) is 6.15. The summed E-state index contributed by atoms with van der Waals surface area (Å²) in [5, 5.41) is 2.44. The summed E-state index contributed by atoms with van der Waals surface area (Å²) in [5.41, 5.74) is -1.46. The molecule has 138 valence electrons. The van der Waals surface area contributed by atoms with Gasteiger partial charge >= 0.3 is 12.1 Å². The molecule has 0 aliphatic rings. The van der Waals surface area contributed by atoms with Crippen molar-refractivity contribution in [2.75, 3.05) is 5.32 Å². The maximum Gasteiger partial charge on any atom is 0.418 e. The van der Waals surface area contributed by atoms with Crippen LogP contribution in [-0.2, 0) is 15.7 Å². The van der Waals surface area contributed by atoms with Crippen LogP contribution in [0.15, 0.2) is 42.5 Å². The average Bonchev–Trinajstić information content (AvgIpc) is 2.54. The summed E-state index contributed by atoms with van der Waals surface area (Å²) in [6, 6.07) is 8.53. The third-order valence-corrected chi connectivity index (χ3v) is 3.84. The molecule has 1 amide bonds. The standard InChI is InChI=1S/C17H12Cl2F3NO3/c1-9(26-16(25)11-7-6-10(18)8-13(11)19)15(24)23-14-5-3-2-4-12(14)17(20,21)22/h2-9H,1H3,(H,23,24)/t9-/m1/s1. The first kappa shape index (κ1) is 20.1.